The van der Waals surface area contributed by atoms with Crippen molar-refractivity contribution >= 4 is 0 Å². The zero-order chi connectivity index (χ0) is 12.5. The minimum Gasteiger partial charge on any atom is -0.395 e. The summed E-state index contributed by atoms with van der Waals surface area (Å²) in [4.78, 5) is 0. The summed E-state index contributed by atoms with van der Waals surface area (Å²) in [5.41, 5.74) is 2.31. The Bertz CT molecular complexity index is 409. The maximum Gasteiger partial charge on any atom is 0.0574 e. The normalized spacial score (nSPS) is 31.6. The molecular weight excluding hydrogens is 208 g/mol. The molecule has 0 aromatic heterocycles. The summed E-state index contributed by atoms with van der Waals surface area (Å²) in [7, 11) is 0. The Labute approximate surface area is 104 Å². The van der Waals surface area contributed by atoms with Gasteiger partial charge in [-0.3, -0.25) is 0 Å². The van der Waals surface area contributed by atoms with Gasteiger partial charge in [-0.15, -0.1) is 0 Å². The molecule has 0 amide bonds. The van der Waals surface area contributed by atoms with Gasteiger partial charge in [-0.2, -0.15) is 0 Å². The van der Waals surface area contributed by atoms with Crippen molar-refractivity contribution in [1.82, 2.24) is 0 Å². The third-order valence-corrected chi connectivity index (χ3v) is 4.59. The average molecular weight is 230 g/mol. The first-order chi connectivity index (χ1) is 8.13. The van der Waals surface area contributed by atoms with Gasteiger partial charge in [-0.05, 0) is 12.0 Å². The Balaban J connectivity index is 2.32. The molecule has 0 heterocycles. The highest BCUT2D eigenvalue weighted by molar-refractivity contribution is 5.57. The lowest BCUT2D eigenvalue weighted by Crippen LogP contribution is -2.21. The molecule has 1 aromatic carbocycles. The molecule has 0 radical (unpaired) electrons. The molecule has 0 aliphatic heterocycles. The summed E-state index contributed by atoms with van der Waals surface area (Å²) in [6.07, 6.45) is 3.51. The van der Waals surface area contributed by atoms with Gasteiger partial charge in [-0.1, -0.05) is 69.2 Å². The molecule has 17 heavy (non-hydrogen) atoms. The number of benzene rings is 1. The van der Waals surface area contributed by atoms with E-state index in [-0.39, 0.29) is 17.4 Å². The molecule has 2 unspecified atom stereocenters. The highest BCUT2D eigenvalue weighted by Crippen LogP contribution is 2.70. The quantitative estimate of drug-likeness (QED) is 0.765. The number of rotatable bonds is 5. The van der Waals surface area contributed by atoms with Crippen LogP contribution in [0.2, 0.25) is 0 Å². The van der Waals surface area contributed by atoms with Crippen LogP contribution in [0.5, 0.6) is 0 Å². The second-order valence-corrected chi connectivity index (χ2v) is 5.34. The van der Waals surface area contributed by atoms with Crippen LogP contribution in [0.25, 0.3) is 0 Å². The Kier molecular flexibility index (Phi) is 3.13. The zero-order valence-corrected chi connectivity index (χ0v) is 10.9. The molecule has 1 nitrogen and oxygen atoms in total. The Morgan fingerprint density at radius 2 is 1.88 bits per heavy atom. The van der Waals surface area contributed by atoms with Gasteiger partial charge in [0, 0.05) is 10.8 Å². The van der Waals surface area contributed by atoms with Crippen LogP contribution in [-0.4, -0.2) is 11.7 Å². The molecular formula is C16H22O. The van der Waals surface area contributed by atoms with E-state index in [1.54, 1.807) is 0 Å². The number of hydrogen-bond acceptors (Lipinski definition) is 1. The molecule has 92 valence electrons. The van der Waals surface area contributed by atoms with E-state index >= 15 is 0 Å². The molecule has 0 spiro atoms. The van der Waals surface area contributed by atoms with Gasteiger partial charge < -0.3 is 5.11 Å². The van der Waals surface area contributed by atoms with E-state index in [1.165, 1.54) is 24.0 Å². The minimum absolute atomic E-state index is 0.0825. The lowest BCUT2D eigenvalue weighted by atomic mass is 9.85. The molecule has 1 fully saturated rings. The van der Waals surface area contributed by atoms with Crippen molar-refractivity contribution in [2.75, 3.05) is 6.61 Å². The van der Waals surface area contributed by atoms with E-state index in [2.05, 4.69) is 32.6 Å². The van der Waals surface area contributed by atoms with Crippen molar-refractivity contribution < 1.29 is 5.11 Å². The Morgan fingerprint density at radius 1 is 1.24 bits per heavy atom. The number of aliphatic hydroxyl groups is 1. The largest absolute Gasteiger partial charge is 0.395 e. The number of hydrogen-bond donors (Lipinski definition) is 1. The lowest BCUT2D eigenvalue weighted by Gasteiger charge is -2.20. The van der Waals surface area contributed by atoms with Gasteiger partial charge in [0.1, 0.15) is 0 Å². The van der Waals surface area contributed by atoms with Crippen LogP contribution in [0.3, 0.4) is 0 Å². The summed E-state index contributed by atoms with van der Waals surface area (Å²) in [5.74, 6) is 0. The maximum atomic E-state index is 9.85. The van der Waals surface area contributed by atoms with Crippen molar-refractivity contribution in [3.05, 3.63) is 48.0 Å². The van der Waals surface area contributed by atoms with Crippen LogP contribution >= 0.6 is 0 Å². The fraction of sp³-hybridized carbons (Fsp3) is 0.500. The second-order valence-electron chi connectivity index (χ2n) is 5.34. The van der Waals surface area contributed by atoms with Gasteiger partial charge in [0.2, 0.25) is 0 Å². The third kappa shape index (κ3) is 1.56. The summed E-state index contributed by atoms with van der Waals surface area (Å²) >= 11 is 0. The van der Waals surface area contributed by atoms with Crippen molar-refractivity contribution in [3.63, 3.8) is 0 Å². The van der Waals surface area contributed by atoms with Crippen molar-refractivity contribution in [1.29, 1.82) is 0 Å². The first-order valence-corrected chi connectivity index (χ1v) is 6.49. The van der Waals surface area contributed by atoms with Crippen LogP contribution in [0.4, 0.5) is 0 Å². The van der Waals surface area contributed by atoms with E-state index in [0.717, 1.165) is 6.42 Å². The molecule has 1 aliphatic carbocycles. The summed E-state index contributed by atoms with van der Waals surface area (Å²) in [6, 6.07) is 10.3. The maximum absolute atomic E-state index is 9.85. The van der Waals surface area contributed by atoms with Crippen molar-refractivity contribution in [2.24, 2.45) is 5.41 Å². The summed E-state index contributed by atoms with van der Waals surface area (Å²) < 4.78 is 0. The fourth-order valence-electron chi connectivity index (χ4n) is 3.21. The van der Waals surface area contributed by atoms with Gasteiger partial charge in [-0.25, -0.2) is 0 Å². The predicted molar refractivity (Wildman–Crippen MR) is 72.0 cm³/mol. The van der Waals surface area contributed by atoms with E-state index < -0.39 is 0 Å². The predicted octanol–water partition coefficient (Wildman–Crippen LogP) is 3.68. The number of aliphatic hydroxyl groups excluding tert-OH is 1. The molecule has 2 atom stereocenters. The molecule has 1 heteroatoms. The van der Waals surface area contributed by atoms with Gasteiger partial charge in [0.25, 0.3) is 0 Å². The first kappa shape index (κ1) is 12.4. The van der Waals surface area contributed by atoms with Crippen LogP contribution in [-0.2, 0) is 5.41 Å². The molecule has 1 aromatic rings. The highest BCUT2D eigenvalue weighted by atomic mass is 16.3. The molecule has 0 bridgehead atoms. The molecule has 1 saturated carbocycles. The first-order valence-electron chi connectivity index (χ1n) is 6.49. The smallest absolute Gasteiger partial charge is 0.0574 e. The van der Waals surface area contributed by atoms with Crippen LogP contribution in [0, 0.1) is 5.41 Å². The summed E-state index contributed by atoms with van der Waals surface area (Å²) in [5, 5.41) is 9.85. The van der Waals surface area contributed by atoms with Crippen molar-refractivity contribution in [2.45, 2.75) is 38.5 Å². The van der Waals surface area contributed by atoms with E-state index in [9.17, 15) is 5.11 Å². The van der Waals surface area contributed by atoms with Gasteiger partial charge in [0.05, 0.1) is 6.61 Å². The van der Waals surface area contributed by atoms with E-state index in [0.29, 0.717) is 0 Å². The average Bonchev–Trinajstić information content (AvgIpc) is 2.86. The fourth-order valence-corrected chi connectivity index (χ4v) is 3.21. The molecule has 1 aliphatic rings. The molecule has 0 saturated heterocycles. The van der Waals surface area contributed by atoms with E-state index in [4.69, 9.17) is 0 Å². The third-order valence-electron chi connectivity index (χ3n) is 4.59. The second kappa shape index (κ2) is 4.30. The topological polar surface area (TPSA) is 20.2 Å². The SMILES string of the molecule is C=C1C(C)(CCCC)C1(CO)c1ccccc1. The molecule has 1 N–H and O–H groups in total. The monoisotopic (exact) mass is 230 g/mol. The van der Waals surface area contributed by atoms with E-state index in [1.807, 2.05) is 18.2 Å². The van der Waals surface area contributed by atoms with Gasteiger partial charge in [0.15, 0.2) is 0 Å². The van der Waals surface area contributed by atoms with Crippen molar-refractivity contribution in [3.8, 4) is 0 Å². The standard InChI is InChI=1S/C16H22O/c1-4-5-11-15(3)13(2)16(15,12-17)14-9-7-6-8-10-14/h6-10,17H,2,4-5,11-12H2,1,3H3. The van der Waals surface area contributed by atoms with Crippen LogP contribution in [0.1, 0.15) is 38.7 Å². The zero-order valence-electron chi connectivity index (χ0n) is 10.9. The van der Waals surface area contributed by atoms with Crippen LogP contribution in [0.15, 0.2) is 42.5 Å². The highest BCUT2D eigenvalue weighted by Gasteiger charge is 2.67. The Morgan fingerprint density at radius 3 is 2.41 bits per heavy atom. The van der Waals surface area contributed by atoms with Gasteiger partial charge >= 0.3 is 0 Å². The Hall–Kier alpha value is -1.08. The summed E-state index contributed by atoms with van der Waals surface area (Å²) in [6.45, 7) is 8.84. The lowest BCUT2D eigenvalue weighted by molar-refractivity contribution is 0.222. The number of unbranched alkanes of at least 4 members (excludes halogenated alkanes) is 1. The van der Waals surface area contributed by atoms with Crippen LogP contribution < -0.4 is 0 Å². The molecule has 2 rings (SSSR count). The minimum atomic E-state index is -0.191.